The molecule has 0 aliphatic rings. The van der Waals surface area contributed by atoms with E-state index >= 15 is 0 Å². The molecule has 0 bridgehead atoms. The highest BCUT2D eigenvalue weighted by molar-refractivity contribution is 9.10. The van der Waals surface area contributed by atoms with Crippen LogP contribution in [0.2, 0.25) is 0 Å². The van der Waals surface area contributed by atoms with Crippen molar-refractivity contribution in [1.29, 1.82) is 0 Å². The molecule has 3 N–H and O–H groups in total. The summed E-state index contributed by atoms with van der Waals surface area (Å²) in [6, 6.07) is 7.62. The molecule has 0 aliphatic carbocycles. The minimum absolute atomic E-state index is 0.0864. The van der Waals surface area contributed by atoms with Crippen molar-refractivity contribution < 1.29 is 14.9 Å². The fourth-order valence-electron chi connectivity index (χ4n) is 1.55. The Kier molecular flexibility index (Phi) is 6.63. The third kappa shape index (κ3) is 4.57. The molecule has 5 heteroatoms. The molecule has 102 valence electrons. The van der Waals surface area contributed by atoms with Crippen molar-refractivity contribution in [2.24, 2.45) is 0 Å². The molecule has 0 radical (unpaired) electrons. The first-order chi connectivity index (χ1) is 8.65. The number of aliphatic hydroxyl groups is 2. The molecule has 1 aromatic carbocycles. The maximum absolute atomic E-state index is 9.26. The zero-order valence-corrected chi connectivity index (χ0v) is 12.1. The van der Waals surface area contributed by atoms with Gasteiger partial charge in [0.05, 0.1) is 18.8 Å². The Morgan fingerprint density at radius 1 is 1.33 bits per heavy atom. The van der Waals surface area contributed by atoms with Crippen molar-refractivity contribution in [3.05, 3.63) is 28.7 Å². The molecule has 0 amide bonds. The van der Waals surface area contributed by atoms with E-state index in [9.17, 15) is 10.2 Å². The molecule has 1 aromatic rings. The molecule has 0 fully saturated rings. The minimum atomic E-state index is -0.610. The van der Waals surface area contributed by atoms with Gasteiger partial charge in [0.25, 0.3) is 0 Å². The van der Waals surface area contributed by atoms with Crippen LogP contribution in [0.25, 0.3) is 0 Å². The Morgan fingerprint density at radius 2 is 2.06 bits per heavy atom. The first-order valence-electron chi connectivity index (χ1n) is 6.01. The van der Waals surface area contributed by atoms with Crippen LogP contribution in [0.3, 0.4) is 0 Å². The van der Waals surface area contributed by atoms with Gasteiger partial charge in [-0.15, -0.1) is 0 Å². The van der Waals surface area contributed by atoms with Crippen molar-refractivity contribution in [2.45, 2.75) is 18.9 Å². The molecule has 0 atom stereocenters. The summed E-state index contributed by atoms with van der Waals surface area (Å²) in [5.74, 6) is 0.793. The van der Waals surface area contributed by atoms with E-state index in [1.54, 1.807) is 0 Å². The number of benzene rings is 1. The smallest absolute Gasteiger partial charge is 0.120 e. The largest absolute Gasteiger partial charge is 0.492 e. The molecule has 0 heterocycles. The van der Waals surface area contributed by atoms with Gasteiger partial charge in [-0.1, -0.05) is 28.9 Å². The number of aliphatic hydroxyl groups excluding tert-OH is 2. The van der Waals surface area contributed by atoms with Crippen LogP contribution in [0.5, 0.6) is 5.75 Å². The first kappa shape index (κ1) is 15.4. The Bertz CT molecular complexity index is 348. The molecule has 4 nitrogen and oxygen atoms in total. The summed E-state index contributed by atoms with van der Waals surface area (Å²) in [6.45, 7) is 2.81. The summed E-state index contributed by atoms with van der Waals surface area (Å²) in [5.41, 5.74) is -0.610. The lowest BCUT2D eigenvalue weighted by Crippen LogP contribution is -2.52. The zero-order chi connectivity index (χ0) is 13.4. The standard InChI is InChI=1S/C13H20BrNO3/c1-2-13(9-16,10-17)15-6-7-18-12-5-3-4-11(14)8-12/h3-5,8,15-17H,2,6-7,9-10H2,1H3. The van der Waals surface area contributed by atoms with Gasteiger partial charge in [0.1, 0.15) is 12.4 Å². The zero-order valence-electron chi connectivity index (χ0n) is 10.5. The highest BCUT2D eigenvalue weighted by Gasteiger charge is 2.25. The van der Waals surface area contributed by atoms with Gasteiger partial charge in [-0.05, 0) is 24.6 Å². The van der Waals surface area contributed by atoms with Gasteiger partial charge in [0.2, 0.25) is 0 Å². The summed E-state index contributed by atoms with van der Waals surface area (Å²) in [5, 5.41) is 21.6. The lowest BCUT2D eigenvalue weighted by atomic mass is 9.99. The molecule has 0 aromatic heterocycles. The number of hydrogen-bond donors (Lipinski definition) is 3. The second-order valence-electron chi connectivity index (χ2n) is 4.18. The van der Waals surface area contributed by atoms with Crippen LogP contribution < -0.4 is 10.1 Å². The van der Waals surface area contributed by atoms with E-state index in [-0.39, 0.29) is 13.2 Å². The number of ether oxygens (including phenoxy) is 1. The van der Waals surface area contributed by atoms with Crippen LogP contribution in [-0.2, 0) is 0 Å². The van der Waals surface area contributed by atoms with Gasteiger partial charge in [0.15, 0.2) is 0 Å². The topological polar surface area (TPSA) is 61.7 Å². The molecule has 0 spiro atoms. The lowest BCUT2D eigenvalue weighted by Gasteiger charge is -2.29. The number of hydrogen-bond acceptors (Lipinski definition) is 4. The molecule has 1 rings (SSSR count). The fourth-order valence-corrected chi connectivity index (χ4v) is 1.93. The van der Waals surface area contributed by atoms with Gasteiger partial charge < -0.3 is 20.3 Å². The van der Waals surface area contributed by atoms with Gasteiger partial charge in [-0.2, -0.15) is 0 Å². The van der Waals surface area contributed by atoms with E-state index in [1.807, 2.05) is 31.2 Å². The van der Waals surface area contributed by atoms with Crippen LogP contribution in [-0.4, -0.2) is 42.1 Å². The highest BCUT2D eigenvalue weighted by atomic mass is 79.9. The van der Waals surface area contributed by atoms with Crippen molar-refractivity contribution in [3.63, 3.8) is 0 Å². The van der Waals surface area contributed by atoms with E-state index in [0.29, 0.717) is 19.6 Å². The van der Waals surface area contributed by atoms with Gasteiger partial charge in [-0.3, -0.25) is 0 Å². The molecule has 18 heavy (non-hydrogen) atoms. The number of rotatable bonds is 8. The predicted octanol–water partition coefficient (Wildman–Crippen LogP) is 1.55. The molecule has 0 saturated heterocycles. The van der Waals surface area contributed by atoms with Crippen molar-refractivity contribution in [1.82, 2.24) is 5.32 Å². The lowest BCUT2D eigenvalue weighted by molar-refractivity contribution is 0.0844. The van der Waals surface area contributed by atoms with Gasteiger partial charge in [-0.25, -0.2) is 0 Å². The van der Waals surface area contributed by atoms with E-state index < -0.39 is 5.54 Å². The molecule has 0 saturated carbocycles. The number of nitrogens with one attached hydrogen (secondary N) is 1. The quantitative estimate of drug-likeness (QED) is 0.637. The van der Waals surface area contributed by atoms with E-state index in [1.165, 1.54) is 0 Å². The van der Waals surface area contributed by atoms with Crippen LogP contribution in [0, 0.1) is 0 Å². The maximum Gasteiger partial charge on any atom is 0.120 e. The van der Waals surface area contributed by atoms with Crippen LogP contribution in [0.1, 0.15) is 13.3 Å². The Labute approximate surface area is 116 Å². The van der Waals surface area contributed by atoms with E-state index in [2.05, 4.69) is 21.2 Å². The SMILES string of the molecule is CCC(CO)(CO)NCCOc1cccc(Br)c1. The average molecular weight is 318 g/mol. The van der Waals surface area contributed by atoms with Crippen LogP contribution in [0.4, 0.5) is 0 Å². The van der Waals surface area contributed by atoms with Crippen molar-refractivity contribution in [3.8, 4) is 5.75 Å². The van der Waals surface area contributed by atoms with Crippen molar-refractivity contribution in [2.75, 3.05) is 26.4 Å². The third-order valence-corrected chi connectivity index (χ3v) is 3.44. The summed E-state index contributed by atoms with van der Waals surface area (Å²) in [6.07, 6.45) is 0.664. The Hall–Kier alpha value is -0.620. The first-order valence-corrected chi connectivity index (χ1v) is 6.80. The Morgan fingerprint density at radius 3 is 2.61 bits per heavy atom. The summed E-state index contributed by atoms with van der Waals surface area (Å²) >= 11 is 3.37. The second-order valence-corrected chi connectivity index (χ2v) is 5.10. The van der Waals surface area contributed by atoms with Crippen LogP contribution in [0.15, 0.2) is 28.7 Å². The predicted molar refractivity (Wildman–Crippen MR) is 74.8 cm³/mol. The van der Waals surface area contributed by atoms with Crippen molar-refractivity contribution >= 4 is 15.9 Å². The minimum Gasteiger partial charge on any atom is -0.492 e. The Balaban J connectivity index is 2.34. The fraction of sp³-hybridized carbons (Fsp3) is 0.538. The second kappa shape index (κ2) is 7.74. The van der Waals surface area contributed by atoms with Gasteiger partial charge in [0, 0.05) is 11.0 Å². The number of halogens is 1. The molecule has 0 unspecified atom stereocenters. The van der Waals surface area contributed by atoms with Gasteiger partial charge >= 0.3 is 0 Å². The third-order valence-electron chi connectivity index (χ3n) is 2.95. The summed E-state index contributed by atoms with van der Waals surface area (Å²) < 4.78 is 6.53. The van der Waals surface area contributed by atoms with E-state index in [4.69, 9.17) is 4.74 Å². The highest BCUT2D eigenvalue weighted by Crippen LogP contribution is 2.17. The molecular formula is C13H20BrNO3. The van der Waals surface area contributed by atoms with E-state index in [0.717, 1.165) is 10.2 Å². The normalized spacial score (nSPS) is 11.6. The maximum atomic E-state index is 9.26. The summed E-state index contributed by atoms with van der Waals surface area (Å²) in [4.78, 5) is 0. The molecule has 0 aliphatic heterocycles. The molecular weight excluding hydrogens is 298 g/mol. The summed E-state index contributed by atoms with van der Waals surface area (Å²) in [7, 11) is 0. The van der Waals surface area contributed by atoms with Crippen LogP contribution >= 0.6 is 15.9 Å². The average Bonchev–Trinajstić information content (AvgIpc) is 2.40. The monoisotopic (exact) mass is 317 g/mol.